The SMILES string of the molecule is CC[C@@H](C)NC(=O)[C@H](C)N(Cc1cccc(Br)c1)C(=O)CN(c1cccc(C(C)=O)c1)S(C)(=O)=O. The van der Waals surface area contributed by atoms with Gasteiger partial charge in [0.1, 0.15) is 12.6 Å². The number of halogens is 1. The molecule has 0 aliphatic heterocycles. The van der Waals surface area contributed by atoms with Crippen molar-refractivity contribution in [1.29, 1.82) is 0 Å². The molecule has 190 valence electrons. The van der Waals surface area contributed by atoms with Crippen LogP contribution in [-0.2, 0) is 26.2 Å². The second-order valence-electron chi connectivity index (χ2n) is 8.52. The highest BCUT2D eigenvalue weighted by Crippen LogP contribution is 2.21. The van der Waals surface area contributed by atoms with Crippen molar-refractivity contribution in [3.63, 3.8) is 0 Å². The number of ketones is 1. The fourth-order valence-electron chi connectivity index (χ4n) is 3.37. The van der Waals surface area contributed by atoms with Gasteiger partial charge in [-0.05, 0) is 57.0 Å². The zero-order valence-corrected chi connectivity index (χ0v) is 23.0. The molecule has 0 spiro atoms. The first-order valence-corrected chi connectivity index (χ1v) is 13.9. The Balaban J connectivity index is 2.43. The Morgan fingerprint density at radius 3 is 2.29 bits per heavy atom. The monoisotopic (exact) mass is 565 g/mol. The van der Waals surface area contributed by atoms with Gasteiger partial charge in [-0.25, -0.2) is 8.42 Å². The summed E-state index contributed by atoms with van der Waals surface area (Å²) in [6.07, 6.45) is 1.73. The van der Waals surface area contributed by atoms with Gasteiger partial charge in [0.15, 0.2) is 5.78 Å². The first-order chi connectivity index (χ1) is 16.3. The van der Waals surface area contributed by atoms with Gasteiger partial charge >= 0.3 is 0 Å². The molecule has 1 N–H and O–H groups in total. The average Bonchev–Trinajstić information content (AvgIpc) is 2.79. The largest absolute Gasteiger partial charge is 0.352 e. The maximum absolute atomic E-state index is 13.5. The lowest BCUT2D eigenvalue weighted by Crippen LogP contribution is -2.52. The molecule has 0 radical (unpaired) electrons. The standard InChI is InChI=1S/C25H32BrN3O5S/c1-6-17(2)27-25(32)18(3)28(15-20-9-7-11-22(26)13-20)24(31)16-29(35(5,33)34)23-12-8-10-21(14-23)19(4)30/h7-14,17-18H,6,15-16H2,1-5H3,(H,27,32)/t17-,18+/m1/s1. The summed E-state index contributed by atoms with van der Waals surface area (Å²) < 4.78 is 27.1. The molecule has 0 saturated heterocycles. The number of Topliss-reactive ketones (excluding diaryl/α,β-unsaturated/α-hetero) is 1. The predicted molar refractivity (Wildman–Crippen MR) is 141 cm³/mol. The number of hydrogen-bond donors (Lipinski definition) is 1. The molecule has 0 aromatic heterocycles. The zero-order valence-electron chi connectivity index (χ0n) is 20.6. The Labute approximate surface area is 215 Å². The lowest BCUT2D eigenvalue weighted by Gasteiger charge is -2.32. The fraction of sp³-hybridized carbons (Fsp3) is 0.400. The summed E-state index contributed by atoms with van der Waals surface area (Å²) in [7, 11) is -3.87. The number of hydrogen-bond acceptors (Lipinski definition) is 5. The van der Waals surface area contributed by atoms with Crippen LogP contribution in [-0.4, -0.2) is 55.8 Å². The number of rotatable bonds is 11. The molecule has 0 aliphatic carbocycles. The van der Waals surface area contributed by atoms with E-state index >= 15 is 0 Å². The number of benzene rings is 2. The zero-order chi connectivity index (χ0) is 26.3. The van der Waals surface area contributed by atoms with Gasteiger partial charge in [0.05, 0.1) is 11.9 Å². The summed E-state index contributed by atoms with van der Waals surface area (Å²) in [4.78, 5) is 39.6. The van der Waals surface area contributed by atoms with Gasteiger partial charge in [-0.1, -0.05) is 47.1 Å². The quantitative estimate of drug-likeness (QED) is 0.418. The number of carbonyl (C=O) groups excluding carboxylic acids is 3. The topological polar surface area (TPSA) is 104 Å². The maximum Gasteiger partial charge on any atom is 0.244 e. The number of amides is 2. The highest BCUT2D eigenvalue weighted by atomic mass is 79.9. The summed E-state index contributed by atoms with van der Waals surface area (Å²) in [5.74, 6) is -1.10. The van der Waals surface area contributed by atoms with E-state index in [1.165, 1.54) is 24.0 Å². The van der Waals surface area contributed by atoms with Crippen molar-refractivity contribution in [1.82, 2.24) is 10.2 Å². The number of carbonyl (C=O) groups is 3. The fourth-order valence-corrected chi connectivity index (χ4v) is 4.66. The molecule has 2 amide bonds. The number of nitrogens with zero attached hydrogens (tertiary/aromatic N) is 2. The van der Waals surface area contributed by atoms with Crippen LogP contribution in [0.4, 0.5) is 5.69 Å². The van der Waals surface area contributed by atoms with E-state index in [-0.39, 0.29) is 30.0 Å². The van der Waals surface area contributed by atoms with Gasteiger partial charge in [-0.3, -0.25) is 18.7 Å². The first-order valence-electron chi connectivity index (χ1n) is 11.3. The van der Waals surface area contributed by atoms with E-state index in [1.807, 2.05) is 38.1 Å². The molecule has 8 nitrogen and oxygen atoms in total. The molecule has 0 saturated carbocycles. The van der Waals surface area contributed by atoms with E-state index in [2.05, 4.69) is 21.2 Å². The van der Waals surface area contributed by atoms with Gasteiger partial charge in [0.2, 0.25) is 21.8 Å². The molecule has 2 aromatic rings. The Morgan fingerprint density at radius 1 is 1.06 bits per heavy atom. The minimum atomic E-state index is -3.87. The Morgan fingerprint density at radius 2 is 1.71 bits per heavy atom. The van der Waals surface area contributed by atoms with Gasteiger partial charge < -0.3 is 10.2 Å². The molecule has 2 aromatic carbocycles. The van der Waals surface area contributed by atoms with Crippen LogP contribution in [0.15, 0.2) is 53.0 Å². The Bertz CT molecular complexity index is 1190. The van der Waals surface area contributed by atoms with Crippen LogP contribution >= 0.6 is 15.9 Å². The lowest BCUT2D eigenvalue weighted by molar-refractivity contribution is -0.139. The maximum atomic E-state index is 13.5. The van der Waals surface area contributed by atoms with Crippen LogP contribution < -0.4 is 9.62 Å². The molecule has 2 rings (SSSR count). The molecule has 0 aliphatic rings. The van der Waals surface area contributed by atoms with Crippen LogP contribution in [0.25, 0.3) is 0 Å². The summed E-state index contributed by atoms with van der Waals surface area (Å²) >= 11 is 3.41. The van der Waals surface area contributed by atoms with Crippen LogP contribution in [0.3, 0.4) is 0 Å². The normalized spacial score (nSPS) is 13.0. The first kappa shape index (κ1) is 28.5. The van der Waals surface area contributed by atoms with Crippen LogP contribution in [0.1, 0.15) is 50.0 Å². The molecule has 0 heterocycles. The van der Waals surface area contributed by atoms with E-state index in [0.29, 0.717) is 5.56 Å². The molecule has 0 unspecified atom stereocenters. The van der Waals surface area contributed by atoms with Crippen molar-refractivity contribution < 1.29 is 22.8 Å². The summed E-state index contributed by atoms with van der Waals surface area (Å²) in [6.45, 7) is 6.41. The predicted octanol–water partition coefficient (Wildman–Crippen LogP) is 3.75. The lowest BCUT2D eigenvalue weighted by atomic mass is 10.1. The molecule has 0 fully saturated rings. The highest BCUT2D eigenvalue weighted by molar-refractivity contribution is 9.10. The molecule has 0 bridgehead atoms. The Kier molecular flexibility index (Phi) is 10.0. The third-order valence-electron chi connectivity index (χ3n) is 5.63. The van der Waals surface area contributed by atoms with E-state index in [1.54, 1.807) is 19.1 Å². The molecule has 35 heavy (non-hydrogen) atoms. The summed E-state index contributed by atoms with van der Waals surface area (Å²) in [6, 6.07) is 12.5. The molecular formula is C25H32BrN3O5S. The average molecular weight is 567 g/mol. The van der Waals surface area contributed by atoms with Crippen molar-refractivity contribution in [3.05, 3.63) is 64.1 Å². The summed E-state index contributed by atoms with van der Waals surface area (Å²) in [5.41, 5.74) is 1.31. The van der Waals surface area contributed by atoms with Crippen molar-refractivity contribution in [2.24, 2.45) is 0 Å². The molecule has 2 atom stereocenters. The smallest absolute Gasteiger partial charge is 0.244 e. The van der Waals surface area contributed by atoms with Crippen molar-refractivity contribution in [2.75, 3.05) is 17.1 Å². The van der Waals surface area contributed by atoms with E-state index in [0.717, 1.165) is 27.0 Å². The van der Waals surface area contributed by atoms with E-state index < -0.39 is 28.5 Å². The van der Waals surface area contributed by atoms with Crippen LogP contribution in [0.2, 0.25) is 0 Å². The van der Waals surface area contributed by atoms with Gasteiger partial charge in [0, 0.05) is 22.6 Å². The van der Waals surface area contributed by atoms with Gasteiger partial charge in [-0.15, -0.1) is 0 Å². The van der Waals surface area contributed by atoms with Crippen LogP contribution in [0.5, 0.6) is 0 Å². The third-order valence-corrected chi connectivity index (χ3v) is 7.26. The van der Waals surface area contributed by atoms with Crippen LogP contribution in [0, 0.1) is 0 Å². The Hall–Kier alpha value is -2.72. The minimum absolute atomic E-state index is 0.0744. The number of anilines is 1. The number of nitrogens with one attached hydrogen (secondary N) is 1. The number of sulfonamides is 1. The summed E-state index contributed by atoms with van der Waals surface area (Å²) in [5, 5.41) is 2.89. The highest BCUT2D eigenvalue weighted by Gasteiger charge is 2.30. The third kappa shape index (κ3) is 8.17. The van der Waals surface area contributed by atoms with Gasteiger partial charge in [0.25, 0.3) is 0 Å². The van der Waals surface area contributed by atoms with E-state index in [9.17, 15) is 22.8 Å². The minimum Gasteiger partial charge on any atom is -0.352 e. The van der Waals surface area contributed by atoms with Crippen molar-refractivity contribution >= 4 is 49.2 Å². The molecule has 10 heteroatoms. The van der Waals surface area contributed by atoms with Crippen molar-refractivity contribution in [3.8, 4) is 0 Å². The van der Waals surface area contributed by atoms with Gasteiger partial charge in [-0.2, -0.15) is 0 Å². The van der Waals surface area contributed by atoms with Crippen molar-refractivity contribution in [2.45, 2.75) is 52.7 Å². The second kappa shape index (κ2) is 12.3. The van der Waals surface area contributed by atoms with E-state index in [4.69, 9.17) is 0 Å². The molecular weight excluding hydrogens is 534 g/mol. The second-order valence-corrected chi connectivity index (χ2v) is 11.3.